The zero-order valence-corrected chi connectivity index (χ0v) is 16.8. The van der Waals surface area contributed by atoms with Crippen LogP contribution in [0.3, 0.4) is 0 Å². The molecule has 31 heavy (non-hydrogen) atoms. The topological polar surface area (TPSA) is 110 Å². The van der Waals surface area contributed by atoms with Gasteiger partial charge in [0.05, 0.1) is 31.4 Å². The molecule has 0 unspecified atom stereocenters. The highest BCUT2D eigenvalue weighted by molar-refractivity contribution is 5.90. The lowest BCUT2D eigenvalue weighted by atomic mass is 10.2. The minimum absolute atomic E-state index is 0.139. The van der Waals surface area contributed by atoms with Crippen LogP contribution in [0, 0.1) is 0 Å². The van der Waals surface area contributed by atoms with Crippen LogP contribution in [0.4, 0.5) is 5.69 Å². The van der Waals surface area contributed by atoms with E-state index in [4.69, 9.17) is 9.15 Å². The van der Waals surface area contributed by atoms with Crippen molar-refractivity contribution in [3.8, 4) is 34.2 Å². The van der Waals surface area contributed by atoms with E-state index in [-0.39, 0.29) is 18.1 Å². The molecule has 0 aliphatic rings. The van der Waals surface area contributed by atoms with Gasteiger partial charge in [0.25, 0.3) is 0 Å². The second kappa shape index (κ2) is 9.08. The van der Waals surface area contributed by atoms with E-state index in [0.29, 0.717) is 35.1 Å². The molecular weight excluding hydrogens is 396 g/mol. The fraction of sp³-hybridized carbons (Fsp3) is 0.130. The first-order valence-electron chi connectivity index (χ1n) is 9.61. The summed E-state index contributed by atoms with van der Waals surface area (Å²) in [5.41, 5.74) is 2.06. The van der Waals surface area contributed by atoms with Crippen LogP contribution >= 0.6 is 0 Å². The van der Waals surface area contributed by atoms with Crippen LogP contribution in [0.25, 0.3) is 22.7 Å². The molecule has 4 aromatic rings. The molecular formula is C23H20N4O4. The molecule has 0 aliphatic carbocycles. The van der Waals surface area contributed by atoms with Crippen LogP contribution in [-0.4, -0.2) is 33.1 Å². The average Bonchev–Trinajstić information content (AvgIpc) is 3.27. The Morgan fingerprint density at radius 2 is 1.81 bits per heavy atom. The number of ether oxygens (including phenoxy) is 1. The molecule has 8 nitrogen and oxygen atoms in total. The number of rotatable bonds is 7. The molecule has 2 N–H and O–H groups in total. The van der Waals surface area contributed by atoms with Crippen LogP contribution in [0.2, 0.25) is 0 Å². The molecule has 1 amide bonds. The van der Waals surface area contributed by atoms with E-state index in [2.05, 4.69) is 20.3 Å². The zero-order chi connectivity index (χ0) is 21.6. The van der Waals surface area contributed by atoms with Crippen molar-refractivity contribution in [1.82, 2.24) is 15.0 Å². The van der Waals surface area contributed by atoms with Gasteiger partial charge in [-0.15, -0.1) is 0 Å². The third kappa shape index (κ3) is 5.05. The summed E-state index contributed by atoms with van der Waals surface area (Å²) in [5.74, 6) is 2.28. The number of phenols is 1. The molecule has 0 saturated heterocycles. The predicted octanol–water partition coefficient (Wildman–Crippen LogP) is 4.08. The fourth-order valence-electron chi connectivity index (χ4n) is 2.95. The molecule has 0 spiro atoms. The lowest BCUT2D eigenvalue weighted by Crippen LogP contribution is -2.13. The Hall–Kier alpha value is -4.20. The summed E-state index contributed by atoms with van der Waals surface area (Å²) in [6.07, 6.45) is 5.26. The van der Waals surface area contributed by atoms with Crippen LogP contribution in [0.5, 0.6) is 11.5 Å². The second-order valence-corrected chi connectivity index (χ2v) is 6.74. The van der Waals surface area contributed by atoms with E-state index < -0.39 is 0 Å². The van der Waals surface area contributed by atoms with Crippen molar-refractivity contribution in [2.45, 2.75) is 12.8 Å². The summed E-state index contributed by atoms with van der Waals surface area (Å²) in [7, 11) is 1.61. The standard InChI is InChI=1S/C23H20N4O4/c1-30-19-7-5-15(6-8-19)20-14-24-22(31-20)10-9-21(29)27-17-12-25-23(26-13-17)16-3-2-4-18(28)11-16/h2-8,11-14,28H,9-10H2,1H3,(H,27,29). The van der Waals surface area contributed by atoms with E-state index in [1.807, 2.05) is 24.3 Å². The zero-order valence-electron chi connectivity index (χ0n) is 16.8. The maximum absolute atomic E-state index is 12.2. The number of amides is 1. The minimum atomic E-state index is -0.196. The third-order valence-electron chi connectivity index (χ3n) is 4.53. The quantitative estimate of drug-likeness (QED) is 0.467. The van der Waals surface area contributed by atoms with E-state index in [1.165, 1.54) is 12.4 Å². The molecule has 8 heteroatoms. The number of anilines is 1. The molecule has 0 bridgehead atoms. The fourth-order valence-corrected chi connectivity index (χ4v) is 2.95. The third-order valence-corrected chi connectivity index (χ3v) is 4.53. The number of aromatic nitrogens is 3. The van der Waals surface area contributed by atoms with Gasteiger partial charge in [0.15, 0.2) is 17.5 Å². The first-order chi connectivity index (χ1) is 15.1. The van der Waals surface area contributed by atoms with E-state index >= 15 is 0 Å². The van der Waals surface area contributed by atoms with Gasteiger partial charge in [-0.25, -0.2) is 15.0 Å². The Labute approximate surface area is 178 Å². The summed E-state index contributed by atoms with van der Waals surface area (Å²) in [6.45, 7) is 0. The maximum atomic E-state index is 12.2. The van der Waals surface area contributed by atoms with Crippen LogP contribution in [0.1, 0.15) is 12.3 Å². The van der Waals surface area contributed by atoms with Gasteiger partial charge in [-0.05, 0) is 36.4 Å². The van der Waals surface area contributed by atoms with E-state index in [0.717, 1.165) is 11.3 Å². The number of oxazole rings is 1. The Bertz CT molecular complexity index is 1170. The lowest BCUT2D eigenvalue weighted by molar-refractivity contribution is -0.116. The van der Waals surface area contributed by atoms with Crippen molar-refractivity contribution in [2.24, 2.45) is 0 Å². The van der Waals surface area contributed by atoms with Crippen molar-refractivity contribution >= 4 is 11.6 Å². The summed E-state index contributed by atoms with van der Waals surface area (Å²) in [6, 6.07) is 14.1. The average molecular weight is 416 g/mol. The molecule has 2 aromatic carbocycles. The van der Waals surface area contributed by atoms with Gasteiger partial charge < -0.3 is 19.6 Å². The Morgan fingerprint density at radius 1 is 1.03 bits per heavy atom. The number of aromatic hydroxyl groups is 1. The number of hydrogen-bond acceptors (Lipinski definition) is 7. The van der Waals surface area contributed by atoms with Crippen molar-refractivity contribution in [3.63, 3.8) is 0 Å². The van der Waals surface area contributed by atoms with Crippen molar-refractivity contribution in [3.05, 3.63) is 73.0 Å². The summed E-state index contributed by atoms with van der Waals surface area (Å²) in [4.78, 5) is 25.0. The van der Waals surface area contributed by atoms with Gasteiger partial charge in [-0.1, -0.05) is 12.1 Å². The molecule has 4 rings (SSSR count). The molecule has 0 fully saturated rings. The van der Waals surface area contributed by atoms with Crippen molar-refractivity contribution in [1.29, 1.82) is 0 Å². The number of nitrogens with one attached hydrogen (secondary N) is 1. The minimum Gasteiger partial charge on any atom is -0.508 e. The molecule has 0 saturated carbocycles. The number of aryl methyl sites for hydroxylation is 1. The number of hydrogen-bond donors (Lipinski definition) is 2. The van der Waals surface area contributed by atoms with Gasteiger partial charge in [0, 0.05) is 24.0 Å². The van der Waals surface area contributed by atoms with Crippen LogP contribution in [0.15, 0.2) is 71.5 Å². The number of benzene rings is 2. The smallest absolute Gasteiger partial charge is 0.224 e. The molecule has 0 atom stereocenters. The second-order valence-electron chi connectivity index (χ2n) is 6.74. The number of methoxy groups -OCH3 is 1. The maximum Gasteiger partial charge on any atom is 0.224 e. The molecule has 0 radical (unpaired) electrons. The highest BCUT2D eigenvalue weighted by Crippen LogP contribution is 2.24. The first-order valence-corrected chi connectivity index (χ1v) is 9.61. The van der Waals surface area contributed by atoms with Crippen LogP contribution < -0.4 is 10.1 Å². The van der Waals surface area contributed by atoms with Crippen molar-refractivity contribution < 1.29 is 19.1 Å². The summed E-state index contributed by atoms with van der Waals surface area (Å²) in [5, 5.41) is 12.3. The van der Waals surface area contributed by atoms with Gasteiger partial charge in [-0.3, -0.25) is 4.79 Å². The van der Waals surface area contributed by atoms with Gasteiger partial charge in [-0.2, -0.15) is 0 Å². The molecule has 0 aliphatic heterocycles. The van der Waals surface area contributed by atoms with Crippen molar-refractivity contribution in [2.75, 3.05) is 12.4 Å². The predicted molar refractivity (Wildman–Crippen MR) is 115 cm³/mol. The van der Waals surface area contributed by atoms with Gasteiger partial charge >= 0.3 is 0 Å². The Kier molecular flexibility index (Phi) is 5.89. The van der Waals surface area contributed by atoms with Gasteiger partial charge in [0.1, 0.15) is 11.5 Å². The highest BCUT2D eigenvalue weighted by Gasteiger charge is 2.10. The summed E-state index contributed by atoms with van der Waals surface area (Å²) >= 11 is 0. The highest BCUT2D eigenvalue weighted by atomic mass is 16.5. The lowest BCUT2D eigenvalue weighted by Gasteiger charge is -2.05. The Morgan fingerprint density at radius 3 is 2.52 bits per heavy atom. The number of nitrogens with zero attached hydrogens (tertiary/aromatic N) is 3. The monoisotopic (exact) mass is 416 g/mol. The molecule has 2 aromatic heterocycles. The number of phenolic OH excluding ortho intramolecular Hbond substituents is 1. The Balaban J connectivity index is 1.31. The molecule has 156 valence electrons. The number of carbonyl (C=O) groups excluding carboxylic acids is 1. The number of carbonyl (C=O) groups is 1. The first kappa shape index (κ1) is 20.1. The van der Waals surface area contributed by atoms with E-state index in [9.17, 15) is 9.90 Å². The SMILES string of the molecule is COc1ccc(-c2cnc(CCC(=O)Nc3cnc(-c4cccc(O)c4)nc3)o2)cc1. The van der Waals surface area contributed by atoms with E-state index in [1.54, 1.807) is 37.6 Å². The molecule has 2 heterocycles. The normalized spacial score (nSPS) is 10.6. The van der Waals surface area contributed by atoms with Gasteiger partial charge in [0.2, 0.25) is 5.91 Å². The summed E-state index contributed by atoms with van der Waals surface area (Å²) < 4.78 is 10.9. The largest absolute Gasteiger partial charge is 0.508 e. The van der Waals surface area contributed by atoms with Crippen LogP contribution in [-0.2, 0) is 11.2 Å².